The van der Waals surface area contributed by atoms with E-state index in [2.05, 4.69) is 32.7 Å². The van der Waals surface area contributed by atoms with E-state index in [-0.39, 0.29) is 12.4 Å². The van der Waals surface area contributed by atoms with E-state index < -0.39 is 0 Å². The lowest BCUT2D eigenvalue weighted by molar-refractivity contribution is 1.10. The Balaban J connectivity index is 0.00000196. The molecule has 0 unspecified atom stereocenters. The standard InChI is InChI=1S/C21H18N4.ClH/c1-3-9-16(10-4-1)15-22-20-18-13-7-8-14-19(18)24-21(25-20)23-17-11-5-2-6-12-17;/h1-14H,15H2,(H2,22,23,24,25);1H. The lowest BCUT2D eigenvalue weighted by atomic mass is 10.2. The van der Waals surface area contributed by atoms with Crippen molar-refractivity contribution in [1.29, 1.82) is 0 Å². The number of aromatic nitrogens is 2. The number of nitrogens with zero attached hydrogens (tertiary/aromatic N) is 2. The molecular weight excluding hydrogens is 344 g/mol. The molecule has 1 heterocycles. The van der Waals surface area contributed by atoms with Gasteiger partial charge in [0.1, 0.15) is 5.82 Å². The van der Waals surface area contributed by atoms with Gasteiger partial charge in [-0.1, -0.05) is 60.7 Å². The maximum absolute atomic E-state index is 4.68. The van der Waals surface area contributed by atoms with Gasteiger partial charge in [0.2, 0.25) is 5.95 Å². The maximum atomic E-state index is 4.68. The Morgan fingerprint density at radius 3 is 2.12 bits per heavy atom. The van der Waals surface area contributed by atoms with Crippen LogP contribution in [-0.4, -0.2) is 9.97 Å². The van der Waals surface area contributed by atoms with E-state index in [0.29, 0.717) is 12.5 Å². The molecule has 4 rings (SSSR count). The van der Waals surface area contributed by atoms with E-state index in [1.165, 1.54) is 5.56 Å². The van der Waals surface area contributed by atoms with Crippen LogP contribution in [0.25, 0.3) is 10.9 Å². The van der Waals surface area contributed by atoms with Crippen LogP contribution in [-0.2, 0) is 6.54 Å². The Bertz CT molecular complexity index is 975. The molecule has 0 bridgehead atoms. The fourth-order valence-corrected chi connectivity index (χ4v) is 2.70. The quantitative estimate of drug-likeness (QED) is 0.498. The van der Waals surface area contributed by atoms with Crippen LogP contribution in [0.4, 0.5) is 17.5 Å². The lowest BCUT2D eigenvalue weighted by Crippen LogP contribution is -2.05. The first-order valence-electron chi connectivity index (χ1n) is 8.25. The molecule has 26 heavy (non-hydrogen) atoms. The Kier molecular flexibility index (Phi) is 5.66. The van der Waals surface area contributed by atoms with Crippen molar-refractivity contribution in [2.45, 2.75) is 6.54 Å². The highest BCUT2D eigenvalue weighted by molar-refractivity contribution is 5.90. The molecule has 0 aliphatic heterocycles. The second kappa shape index (κ2) is 8.32. The van der Waals surface area contributed by atoms with Gasteiger partial charge in [-0.2, -0.15) is 4.98 Å². The van der Waals surface area contributed by atoms with Crippen LogP contribution in [0, 0.1) is 0 Å². The molecule has 0 amide bonds. The van der Waals surface area contributed by atoms with Gasteiger partial charge in [0.15, 0.2) is 0 Å². The highest BCUT2D eigenvalue weighted by atomic mass is 35.5. The summed E-state index contributed by atoms with van der Waals surface area (Å²) in [4.78, 5) is 9.30. The van der Waals surface area contributed by atoms with Gasteiger partial charge in [-0.25, -0.2) is 4.98 Å². The predicted octanol–water partition coefficient (Wildman–Crippen LogP) is 5.41. The van der Waals surface area contributed by atoms with Gasteiger partial charge in [0.05, 0.1) is 5.52 Å². The zero-order valence-electron chi connectivity index (χ0n) is 14.1. The van der Waals surface area contributed by atoms with Gasteiger partial charge in [-0.15, -0.1) is 12.4 Å². The van der Waals surface area contributed by atoms with Crippen LogP contribution in [0.1, 0.15) is 5.56 Å². The number of anilines is 3. The minimum Gasteiger partial charge on any atom is -0.365 e. The van der Waals surface area contributed by atoms with Gasteiger partial charge in [-0.05, 0) is 29.8 Å². The van der Waals surface area contributed by atoms with Crippen LogP contribution >= 0.6 is 12.4 Å². The Morgan fingerprint density at radius 2 is 1.35 bits per heavy atom. The average Bonchev–Trinajstić information content (AvgIpc) is 2.68. The van der Waals surface area contributed by atoms with E-state index in [1.807, 2.05) is 72.8 Å². The maximum Gasteiger partial charge on any atom is 0.229 e. The van der Waals surface area contributed by atoms with Gasteiger partial charge >= 0.3 is 0 Å². The molecule has 0 radical (unpaired) electrons. The number of nitrogens with one attached hydrogen (secondary N) is 2. The van der Waals surface area contributed by atoms with Crippen LogP contribution < -0.4 is 10.6 Å². The predicted molar refractivity (Wildman–Crippen MR) is 110 cm³/mol. The van der Waals surface area contributed by atoms with Crippen molar-refractivity contribution in [2.75, 3.05) is 10.6 Å². The minimum absolute atomic E-state index is 0. The van der Waals surface area contributed by atoms with Crippen molar-refractivity contribution in [3.63, 3.8) is 0 Å². The van der Waals surface area contributed by atoms with E-state index in [9.17, 15) is 0 Å². The minimum atomic E-state index is 0. The molecule has 4 aromatic rings. The molecule has 0 atom stereocenters. The number of benzene rings is 3. The molecule has 0 saturated heterocycles. The summed E-state index contributed by atoms with van der Waals surface area (Å²) < 4.78 is 0. The lowest BCUT2D eigenvalue weighted by Gasteiger charge is -2.12. The summed E-state index contributed by atoms with van der Waals surface area (Å²) in [5.41, 5.74) is 3.08. The molecule has 0 aliphatic carbocycles. The van der Waals surface area contributed by atoms with E-state index in [0.717, 1.165) is 22.4 Å². The van der Waals surface area contributed by atoms with Crippen LogP contribution in [0.15, 0.2) is 84.9 Å². The van der Waals surface area contributed by atoms with Crippen LogP contribution in [0.3, 0.4) is 0 Å². The Labute approximate surface area is 158 Å². The molecule has 0 spiro atoms. The monoisotopic (exact) mass is 362 g/mol. The summed E-state index contributed by atoms with van der Waals surface area (Å²) in [6.45, 7) is 0.715. The summed E-state index contributed by atoms with van der Waals surface area (Å²) in [5, 5.41) is 7.72. The molecule has 2 N–H and O–H groups in total. The summed E-state index contributed by atoms with van der Waals surface area (Å²) in [6, 6.07) is 28.3. The number of rotatable bonds is 5. The van der Waals surface area contributed by atoms with Crippen molar-refractivity contribution in [3.8, 4) is 0 Å². The van der Waals surface area contributed by atoms with Gasteiger partial charge in [0.25, 0.3) is 0 Å². The summed E-state index contributed by atoms with van der Waals surface area (Å²) in [5.74, 6) is 1.41. The van der Waals surface area contributed by atoms with Crippen molar-refractivity contribution >= 4 is 40.8 Å². The fourth-order valence-electron chi connectivity index (χ4n) is 2.70. The van der Waals surface area contributed by atoms with Gasteiger partial charge in [-0.3, -0.25) is 0 Å². The largest absolute Gasteiger partial charge is 0.365 e. The second-order valence-corrected chi connectivity index (χ2v) is 5.74. The number of halogens is 1. The third-order valence-corrected chi connectivity index (χ3v) is 3.94. The number of para-hydroxylation sites is 2. The number of fused-ring (bicyclic) bond motifs is 1. The normalized spacial score (nSPS) is 10.2. The van der Waals surface area contributed by atoms with Crippen molar-refractivity contribution in [3.05, 3.63) is 90.5 Å². The topological polar surface area (TPSA) is 49.8 Å². The molecule has 1 aromatic heterocycles. The zero-order chi connectivity index (χ0) is 16.9. The first-order chi connectivity index (χ1) is 12.4. The summed E-state index contributed by atoms with van der Waals surface area (Å²) in [7, 11) is 0. The van der Waals surface area contributed by atoms with Crippen molar-refractivity contribution < 1.29 is 0 Å². The van der Waals surface area contributed by atoms with E-state index >= 15 is 0 Å². The third-order valence-electron chi connectivity index (χ3n) is 3.94. The van der Waals surface area contributed by atoms with Gasteiger partial charge < -0.3 is 10.6 Å². The van der Waals surface area contributed by atoms with Gasteiger partial charge in [0, 0.05) is 17.6 Å². The van der Waals surface area contributed by atoms with Crippen molar-refractivity contribution in [1.82, 2.24) is 9.97 Å². The summed E-state index contributed by atoms with van der Waals surface area (Å²) >= 11 is 0. The molecule has 3 aromatic carbocycles. The van der Waals surface area contributed by atoms with Crippen molar-refractivity contribution in [2.24, 2.45) is 0 Å². The molecular formula is C21H19ClN4. The highest BCUT2D eigenvalue weighted by Crippen LogP contribution is 2.24. The van der Waals surface area contributed by atoms with E-state index in [4.69, 9.17) is 0 Å². The summed E-state index contributed by atoms with van der Waals surface area (Å²) in [6.07, 6.45) is 0. The first-order valence-corrected chi connectivity index (χ1v) is 8.25. The van der Waals surface area contributed by atoms with Crippen LogP contribution in [0.2, 0.25) is 0 Å². The number of hydrogen-bond acceptors (Lipinski definition) is 4. The number of hydrogen-bond donors (Lipinski definition) is 2. The average molecular weight is 363 g/mol. The third kappa shape index (κ3) is 4.10. The molecule has 0 saturated carbocycles. The smallest absolute Gasteiger partial charge is 0.229 e. The first kappa shape index (κ1) is 17.7. The molecule has 130 valence electrons. The Morgan fingerprint density at radius 1 is 0.692 bits per heavy atom. The Hall–Kier alpha value is -3.11. The molecule has 0 fully saturated rings. The molecule has 4 nitrogen and oxygen atoms in total. The SMILES string of the molecule is Cl.c1ccc(CNc2nc(Nc3ccccc3)nc3ccccc23)cc1. The second-order valence-electron chi connectivity index (χ2n) is 5.74. The fraction of sp³-hybridized carbons (Fsp3) is 0.0476. The zero-order valence-corrected chi connectivity index (χ0v) is 14.9. The molecule has 5 heteroatoms. The van der Waals surface area contributed by atoms with E-state index in [1.54, 1.807) is 0 Å². The molecule has 0 aliphatic rings. The van der Waals surface area contributed by atoms with Crippen LogP contribution in [0.5, 0.6) is 0 Å². The highest BCUT2D eigenvalue weighted by Gasteiger charge is 2.07.